The summed E-state index contributed by atoms with van der Waals surface area (Å²) < 4.78 is 30.8. The number of nitriles is 1. The Morgan fingerprint density at radius 2 is 2.12 bits per heavy atom. The monoisotopic (exact) mass is 256 g/mol. The Kier molecular flexibility index (Phi) is 3.67. The highest BCUT2D eigenvalue weighted by Crippen LogP contribution is 2.14. The van der Waals surface area contributed by atoms with Gasteiger partial charge < -0.3 is 9.40 Å². The Balaban J connectivity index is 0.000000249. The maximum Gasteiger partial charge on any atom is 0.269 e. The van der Waals surface area contributed by atoms with Gasteiger partial charge >= 0.3 is 0 Å². The zero-order valence-corrected chi connectivity index (χ0v) is 9.48. The van der Waals surface area contributed by atoms with Gasteiger partial charge in [-0.05, 0) is 6.07 Å². The van der Waals surface area contributed by atoms with Gasteiger partial charge in [-0.3, -0.25) is 9.35 Å². The SMILES string of the molecule is CS(=O)(=O)O.N#Cc1c(=O)[nH]cc2ccoc12. The summed E-state index contributed by atoms with van der Waals surface area (Å²) in [5.41, 5.74) is -0.0429. The lowest BCUT2D eigenvalue weighted by molar-refractivity contribution is 0.490. The number of hydrogen-bond acceptors (Lipinski definition) is 5. The quantitative estimate of drug-likeness (QED) is 0.661. The average Bonchev–Trinajstić information content (AvgIpc) is 2.62. The van der Waals surface area contributed by atoms with Gasteiger partial charge in [-0.2, -0.15) is 13.7 Å². The Hall–Kier alpha value is -2.11. The van der Waals surface area contributed by atoms with E-state index in [9.17, 15) is 13.2 Å². The minimum atomic E-state index is -3.67. The molecule has 0 atom stereocenters. The van der Waals surface area contributed by atoms with Gasteiger partial charge in [-0.15, -0.1) is 0 Å². The summed E-state index contributed by atoms with van der Waals surface area (Å²) in [5.74, 6) is 0. The van der Waals surface area contributed by atoms with Crippen molar-refractivity contribution in [2.45, 2.75) is 0 Å². The van der Waals surface area contributed by atoms with Crippen LogP contribution in [0.2, 0.25) is 0 Å². The van der Waals surface area contributed by atoms with E-state index in [1.807, 2.05) is 0 Å². The molecule has 0 bridgehead atoms. The summed E-state index contributed by atoms with van der Waals surface area (Å²) in [6.07, 6.45) is 3.67. The van der Waals surface area contributed by atoms with Crippen molar-refractivity contribution in [2.75, 3.05) is 6.26 Å². The molecule has 0 saturated carbocycles. The van der Waals surface area contributed by atoms with Crippen LogP contribution in [0.3, 0.4) is 0 Å². The maximum absolute atomic E-state index is 11.0. The van der Waals surface area contributed by atoms with Gasteiger partial charge in [0.15, 0.2) is 11.1 Å². The molecule has 0 radical (unpaired) electrons. The molecule has 0 amide bonds. The zero-order valence-electron chi connectivity index (χ0n) is 8.67. The van der Waals surface area contributed by atoms with E-state index >= 15 is 0 Å². The molecule has 2 N–H and O–H groups in total. The standard InChI is InChI=1S/C8H4N2O2.CH4O3S/c9-3-6-7-5(1-2-12-7)4-10-8(6)11;1-5(2,3)4/h1-2,4H,(H,10,11);1H3,(H,2,3,4). The summed E-state index contributed by atoms with van der Waals surface area (Å²) in [5, 5.41) is 9.33. The minimum Gasteiger partial charge on any atom is -0.463 e. The third-order valence-corrected chi connectivity index (χ3v) is 1.62. The number of rotatable bonds is 0. The second-order valence-electron chi connectivity index (χ2n) is 3.04. The van der Waals surface area contributed by atoms with Gasteiger partial charge in [0.2, 0.25) is 0 Å². The van der Waals surface area contributed by atoms with Crippen LogP contribution >= 0.6 is 0 Å². The molecule has 2 aromatic rings. The lowest BCUT2D eigenvalue weighted by Gasteiger charge is -1.88. The molecule has 0 aliphatic rings. The normalized spacial score (nSPS) is 10.4. The predicted octanol–water partition coefficient (Wildman–Crippen LogP) is 0.497. The second kappa shape index (κ2) is 4.82. The van der Waals surface area contributed by atoms with E-state index in [4.69, 9.17) is 14.2 Å². The van der Waals surface area contributed by atoms with Gasteiger partial charge in [0.1, 0.15) is 6.07 Å². The van der Waals surface area contributed by atoms with E-state index in [-0.39, 0.29) is 5.56 Å². The van der Waals surface area contributed by atoms with Gasteiger partial charge in [0.05, 0.1) is 12.5 Å². The topological polar surface area (TPSA) is 124 Å². The molecule has 8 heteroatoms. The van der Waals surface area contributed by atoms with Crippen molar-refractivity contribution in [3.8, 4) is 6.07 Å². The number of fused-ring (bicyclic) bond motifs is 1. The summed E-state index contributed by atoms with van der Waals surface area (Å²) in [6.45, 7) is 0. The van der Waals surface area contributed by atoms with E-state index in [2.05, 4.69) is 4.98 Å². The van der Waals surface area contributed by atoms with Crippen LogP contribution in [-0.2, 0) is 10.1 Å². The van der Waals surface area contributed by atoms with Gasteiger partial charge in [0.25, 0.3) is 15.7 Å². The summed E-state index contributed by atoms with van der Waals surface area (Å²) in [4.78, 5) is 13.5. The van der Waals surface area contributed by atoms with E-state index in [1.165, 1.54) is 12.5 Å². The van der Waals surface area contributed by atoms with Crippen molar-refractivity contribution in [2.24, 2.45) is 0 Å². The molecule has 0 spiro atoms. The van der Waals surface area contributed by atoms with Crippen molar-refractivity contribution in [3.63, 3.8) is 0 Å². The summed E-state index contributed by atoms with van der Waals surface area (Å²) >= 11 is 0. The minimum absolute atomic E-state index is 0.0255. The van der Waals surface area contributed by atoms with E-state index in [0.717, 1.165) is 5.39 Å². The first-order valence-electron chi connectivity index (χ1n) is 4.24. The molecule has 0 aliphatic heterocycles. The van der Waals surface area contributed by atoms with Crippen LogP contribution in [0.15, 0.2) is 27.7 Å². The van der Waals surface area contributed by atoms with Crippen LogP contribution in [0.1, 0.15) is 5.56 Å². The van der Waals surface area contributed by atoms with Crippen LogP contribution < -0.4 is 5.56 Å². The lowest BCUT2D eigenvalue weighted by atomic mass is 10.2. The second-order valence-corrected chi connectivity index (χ2v) is 4.51. The Bertz CT molecular complexity index is 712. The molecule has 0 unspecified atom stereocenters. The largest absolute Gasteiger partial charge is 0.463 e. The highest BCUT2D eigenvalue weighted by molar-refractivity contribution is 7.85. The molecule has 2 heterocycles. The number of hydrogen-bond donors (Lipinski definition) is 2. The summed E-state index contributed by atoms with van der Waals surface area (Å²) in [7, 11) is -3.67. The van der Waals surface area contributed by atoms with Crippen LogP contribution in [0, 0.1) is 11.3 Å². The number of H-pyrrole nitrogens is 1. The molecule has 0 aliphatic carbocycles. The first-order valence-corrected chi connectivity index (χ1v) is 6.09. The summed E-state index contributed by atoms with van der Waals surface area (Å²) in [6, 6.07) is 3.47. The smallest absolute Gasteiger partial charge is 0.269 e. The molecule has 0 aromatic carbocycles. The van der Waals surface area contributed by atoms with Gasteiger partial charge in [0, 0.05) is 11.6 Å². The molecule has 7 nitrogen and oxygen atoms in total. The Morgan fingerprint density at radius 3 is 2.65 bits per heavy atom. The molecular formula is C9H8N2O5S. The van der Waals surface area contributed by atoms with Crippen molar-refractivity contribution in [3.05, 3.63) is 34.4 Å². The van der Waals surface area contributed by atoms with Crippen molar-refractivity contribution in [1.82, 2.24) is 4.98 Å². The fraction of sp³-hybridized carbons (Fsp3) is 0.111. The first-order chi connectivity index (χ1) is 7.83. The van der Waals surface area contributed by atoms with Crippen LogP contribution in [0.5, 0.6) is 0 Å². The predicted molar refractivity (Wildman–Crippen MR) is 59.0 cm³/mol. The number of furan rings is 1. The van der Waals surface area contributed by atoms with Crippen LogP contribution in [0.25, 0.3) is 11.0 Å². The van der Waals surface area contributed by atoms with Crippen LogP contribution in [0.4, 0.5) is 0 Å². The highest BCUT2D eigenvalue weighted by Gasteiger charge is 2.06. The van der Waals surface area contributed by atoms with Crippen molar-refractivity contribution < 1.29 is 17.4 Å². The highest BCUT2D eigenvalue weighted by atomic mass is 32.2. The van der Waals surface area contributed by atoms with Crippen molar-refractivity contribution in [1.29, 1.82) is 5.26 Å². The number of nitrogens with one attached hydrogen (secondary N) is 1. The van der Waals surface area contributed by atoms with Crippen molar-refractivity contribution >= 4 is 21.1 Å². The number of pyridine rings is 1. The zero-order chi connectivity index (χ0) is 13.1. The van der Waals surface area contributed by atoms with E-state index in [1.54, 1.807) is 12.1 Å². The molecule has 17 heavy (non-hydrogen) atoms. The molecule has 0 saturated heterocycles. The molecular weight excluding hydrogens is 248 g/mol. The lowest BCUT2D eigenvalue weighted by Crippen LogP contribution is -2.08. The van der Waals surface area contributed by atoms with Crippen LogP contribution in [-0.4, -0.2) is 24.2 Å². The third-order valence-electron chi connectivity index (χ3n) is 1.62. The average molecular weight is 256 g/mol. The molecule has 0 fully saturated rings. The number of nitrogens with zero attached hydrogens (tertiary/aromatic N) is 1. The maximum atomic E-state index is 11.0. The fourth-order valence-electron chi connectivity index (χ4n) is 1.06. The molecule has 2 rings (SSSR count). The third kappa shape index (κ3) is 3.75. The van der Waals surface area contributed by atoms with Gasteiger partial charge in [-0.25, -0.2) is 0 Å². The molecule has 90 valence electrons. The number of aromatic nitrogens is 1. The first kappa shape index (κ1) is 13.0. The number of aromatic amines is 1. The molecule has 2 aromatic heterocycles. The fourth-order valence-corrected chi connectivity index (χ4v) is 1.06. The Morgan fingerprint density at radius 1 is 1.53 bits per heavy atom. The Labute approximate surface area is 96.0 Å². The van der Waals surface area contributed by atoms with E-state index < -0.39 is 15.7 Å². The van der Waals surface area contributed by atoms with E-state index in [0.29, 0.717) is 11.8 Å². The van der Waals surface area contributed by atoms with Gasteiger partial charge in [-0.1, -0.05) is 0 Å².